The Morgan fingerprint density at radius 1 is 1.47 bits per heavy atom. The first-order valence-corrected chi connectivity index (χ1v) is 4.95. The van der Waals surface area contributed by atoms with Gasteiger partial charge in [0.25, 0.3) is 5.56 Å². The number of hydrogen-bond acceptors (Lipinski definition) is 3. The topological polar surface area (TPSA) is 60.9 Å². The van der Waals surface area contributed by atoms with E-state index in [0.717, 1.165) is 0 Å². The third kappa shape index (κ3) is 1.73. The van der Waals surface area contributed by atoms with E-state index < -0.39 is 0 Å². The van der Waals surface area contributed by atoms with Crippen molar-refractivity contribution in [3.63, 3.8) is 0 Å². The van der Waals surface area contributed by atoms with E-state index in [1.54, 1.807) is 18.2 Å². The van der Waals surface area contributed by atoms with Crippen molar-refractivity contribution in [2.45, 2.75) is 6.54 Å². The standard InChI is InChI=1S/C10H10ClN3O/c11-7-2-1-3-8-9(7)10(15)14(5-4-12)6-13-8/h1-3,6H,4-5,12H2. The third-order valence-electron chi connectivity index (χ3n) is 2.17. The first kappa shape index (κ1) is 10.1. The molecule has 2 aromatic rings. The lowest BCUT2D eigenvalue weighted by molar-refractivity contribution is 0.673. The van der Waals surface area contributed by atoms with Gasteiger partial charge < -0.3 is 5.73 Å². The molecule has 0 fully saturated rings. The Morgan fingerprint density at radius 2 is 2.27 bits per heavy atom. The van der Waals surface area contributed by atoms with Crippen LogP contribution in [0.15, 0.2) is 29.3 Å². The SMILES string of the molecule is NCCn1cnc2cccc(Cl)c2c1=O. The van der Waals surface area contributed by atoms with Gasteiger partial charge in [-0.1, -0.05) is 17.7 Å². The van der Waals surface area contributed by atoms with Crippen LogP contribution in [0.1, 0.15) is 0 Å². The summed E-state index contributed by atoms with van der Waals surface area (Å²) in [5.41, 5.74) is 5.86. The summed E-state index contributed by atoms with van der Waals surface area (Å²) in [6.07, 6.45) is 1.49. The molecule has 2 rings (SSSR count). The zero-order valence-corrected chi connectivity index (χ0v) is 8.74. The average Bonchev–Trinajstić information content (AvgIpc) is 2.22. The predicted octanol–water partition coefficient (Wildman–Crippen LogP) is 1.01. The summed E-state index contributed by atoms with van der Waals surface area (Å²) >= 11 is 5.95. The van der Waals surface area contributed by atoms with Gasteiger partial charge in [0.15, 0.2) is 0 Å². The van der Waals surface area contributed by atoms with Crippen molar-refractivity contribution in [2.75, 3.05) is 6.54 Å². The van der Waals surface area contributed by atoms with Crippen molar-refractivity contribution in [2.24, 2.45) is 5.73 Å². The molecular weight excluding hydrogens is 214 g/mol. The molecule has 0 radical (unpaired) electrons. The van der Waals surface area contributed by atoms with Crippen LogP contribution in [-0.2, 0) is 6.54 Å². The van der Waals surface area contributed by atoms with Gasteiger partial charge in [-0.2, -0.15) is 0 Å². The molecule has 0 bridgehead atoms. The molecule has 0 aliphatic rings. The van der Waals surface area contributed by atoms with Crippen molar-refractivity contribution < 1.29 is 0 Å². The number of halogens is 1. The smallest absolute Gasteiger partial charge is 0.262 e. The average molecular weight is 224 g/mol. The van der Waals surface area contributed by atoms with Gasteiger partial charge in [0.05, 0.1) is 22.3 Å². The lowest BCUT2D eigenvalue weighted by Gasteiger charge is -2.05. The summed E-state index contributed by atoms with van der Waals surface area (Å²) in [5, 5.41) is 0.881. The fraction of sp³-hybridized carbons (Fsp3) is 0.200. The van der Waals surface area contributed by atoms with Gasteiger partial charge in [-0.25, -0.2) is 4.98 Å². The van der Waals surface area contributed by atoms with Crippen LogP contribution < -0.4 is 11.3 Å². The zero-order chi connectivity index (χ0) is 10.8. The number of aromatic nitrogens is 2. The maximum atomic E-state index is 11.9. The lowest BCUT2D eigenvalue weighted by Crippen LogP contribution is -2.24. The van der Waals surface area contributed by atoms with E-state index in [-0.39, 0.29) is 5.56 Å². The van der Waals surface area contributed by atoms with Crippen molar-refractivity contribution >= 4 is 22.5 Å². The Balaban J connectivity index is 2.77. The fourth-order valence-corrected chi connectivity index (χ4v) is 1.71. The van der Waals surface area contributed by atoms with Crippen molar-refractivity contribution in [1.82, 2.24) is 9.55 Å². The molecule has 0 spiro atoms. The Morgan fingerprint density at radius 3 is 3.00 bits per heavy atom. The summed E-state index contributed by atoms with van der Waals surface area (Å²) in [6.45, 7) is 0.852. The number of nitrogens with two attached hydrogens (primary N) is 1. The first-order valence-electron chi connectivity index (χ1n) is 4.58. The van der Waals surface area contributed by atoms with Crippen LogP contribution in [0.5, 0.6) is 0 Å². The maximum absolute atomic E-state index is 11.9. The minimum atomic E-state index is -0.143. The molecule has 0 saturated heterocycles. The van der Waals surface area contributed by atoms with Gasteiger partial charge in [-0.15, -0.1) is 0 Å². The van der Waals surface area contributed by atoms with E-state index in [0.29, 0.717) is 29.0 Å². The number of benzene rings is 1. The predicted molar refractivity (Wildman–Crippen MR) is 60.1 cm³/mol. The lowest BCUT2D eigenvalue weighted by atomic mass is 10.2. The molecule has 0 unspecified atom stereocenters. The molecule has 2 N–H and O–H groups in total. The van der Waals surface area contributed by atoms with Crippen LogP contribution in [0.25, 0.3) is 10.9 Å². The second-order valence-electron chi connectivity index (χ2n) is 3.17. The van der Waals surface area contributed by atoms with Gasteiger partial charge >= 0.3 is 0 Å². The van der Waals surface area contributed by atoms with E-state index in [1.165, 1.54) is 10.9 Å². The van der Waals surface area contributed by atoms with Crippen LogP contribution in [0.3, 0.4) is 0 Å². The highest BCUT2D eigenvalue weighted by Gasteiger charge is 2.06. The first-order chi connectivity index (χ1) is 7.24. The molecule has 78 valence electrons. The van der Waals surface area contributed by atoms with Crippen molar-refractivity contribution in [3.8, 4) is 0 Å². The molecule has 15 heavy (non-hydrogen) atoms. The van der Waals surface area contributed by atoms with Gasteiger partial charge in [0.1, 0.15) is 0 Å². The molecular formula is C10H10ClN3O. The summed E-state index contributed by atoms with van der Waals surface area (Å²) in [4.78, 5) is 16.1. The van der Waals surface area contributed by atoms with Crippen LogP contribution in [-0.4, -0.2) is 16.1 Å². The van der Waals surface area contributed by atoms with Crippen molar-refractivity contribution in [3.05, 3.63) is 39.9 Å². The molecule has 1 aromatic heterocycles. The second kappa shape index (κ2) is 4.00. The highest BCUT2D eigenvalue weighted by Crippen LogP contribution is 2.17. The maximum Gasteiger partial charge on any atom is 0.262 e. The molecule has 1 aromatic carbocycles. The van der Waals surface area contributed by atoms with Crippen LogP contribution in [0.2, 0.25) is 5.02 Å². The summed E-state index contributed by atoms with van der Waals surface area (Å²) in [6, 6.07) is 5.21. The fourth-order valence-electron chi connectivity index (χ4n) is 1.46. The molecule has 0 saturated carbocycles. The summed E-state index contributed by atoms with van der Waals surface area (Å²) in [7, 11) is 0. The third-order valence-corrected chi connectivity index (χ3v) is 2.49. The quantitative estimate of drug-likeness (QED) is 0.827. The molecule has 1 heterocycles. The molecule has 0 aliphatic carbocycles. The van der Waals surface area contributed by atoms with Gasteiger partial charge in [0, 0.05) is 13.1 Å². The molecule has 0 aliphatic heterocycles. The van der Waals surface area contributed by atoms with Crippen LogP contribution in [0.4, 0.5) is 0 Å². The van der Waals surface area contributed by atoms with Gasteiger partial charge in [-0.05, 0) is 12.1 Å². The minimum Gasteiger partial charge on any atom is -0.329 e. The van der Waals surface area contributed by atoms with Crippen LogP contribution in [0, 0.1) is 0 Å². The van der Waals surface area contributed by atoms with E-state index in [2.05, 4.69) is 4.98 Å². The Kier molecular flexibility index (Phi) is 2.70. The van der Waals surface area contributed by atoms with E-state index in [9.17, 15) is 4.79 Å². The number of nitrogens with zero attached hydrogens (tertiary/aromatic N) is 2. The largest absolute Gasteiger partial charge is 0.329 e. The number of rotatable bonds is 2. The second-order valence-corrected chi connectivity index (χ2v) is 3.57. The highest BCUT2D eigenvalue weighted by atomic mass is 35.5. The van der Waals surface area contributed by atoms with Crippen LogP contribution >= 0.6 is 11.6 Å². The minimum absolute atomic E-state index is 0.143. The summed E-state index contributed by atoms with van der Waals surface area (Å²) in [5.74, 6) is 0. The molecule has 4 nitrogen and oxygen atoms in total. The molecule has 5 heteroatoms. The molecule has 0 amide bonds. The molecule has 0 atom stereocenters. The van der Waals surface area contributed by atoms with Gasteiger partial charge in [0.2, 0.25) is 0 Å². The number of fused-ring (bicyclic) bond motifs is 1. The van der Waals surface area contributed by atoms with E-state index >= 15 is 0 Å². The van der Waals surface area contributed by atoms with Gasteiger partial charge in [-0.3, -0.25) is 9.36 Å². The number of hydrogen-bond donors (Lipinski definition) is 1. The Hall–Kier alpha value is -1.39. The Labute approximate surface area is 91.3 Å². The van der Waals surface area contributed by atoms with Crippen molar-refractivity contribution in [1.29, 1.82) is 0 Å². The van der Waals surface area contributed by atoms with E-state index in [1.807, 2.05) is 0 Å². The zero-order valence-electron chi connectivity index (χ0n) is 7.98. The highest BCUT2D eigenvalue weighted by molar-refractivity contribution is 6.35. The summed E-state index contributed by atoms with van der Waals surface area (Å²) < 4.78 is 1.47. The normalized spacial score (nSPS) is 10.8. The Bertz CT molecular complexity index is 550. The monoisotopic (exact) mass is 223 g/mol. The van der Waals surface area contributed by atoms with E-state index in [4.69, 9.17) is 17.3 Å².